The molecule has 2 nitrogen and oxygen atoms in total. The Hall–Kier alpha value is -0.0800. The molecule has 86 valence electrons. The minimum atomic E-state index is 0.161. The van der Waals surface area contributed by atoms with E-state index in [1.54, 1.807) is 0 Å². The molecule has 0 heterocycles. The highest BCUT2D eigenvalue weighted by Crippen LogP contribution is 2.21. The van der Waals surface area contributed by atoms with Crippen molar-refractivity contribution in [3.05, 3.63) is 0 Å². The monoisotopic (exact) mass is 201 g/mol. The molecule has 14 heavy (non-hydrogen) atoms. The minimum absolute atomic E-state index is 0.161. The van der Waals surface area contributed by atoms with Crippen LogP contribution in [0.3, 0.4) is 0 Å². The van der Waals surface area contributed by atoms with Crippen LogP contribution in [0.5, 0.6) is 0 Å². The van der Waals surface area contributed by atoms with Crippen molar-refractivity contribution in [2.75, 3.05) is 19.7 Å². The first-order valence-electron chi connectivity index (χ1n) is 5.53. The predicted molar refractivity (Wildman–Crippen MR) is 62.5 cm³/mol. The summed E-state index contributed by atoms with van der Waals surface area (Å²) in [5.74, 6) is 0. The summed E-state index contributed by atoms with van der Waals surface area (Å²) in [6.45, 7) is 15.5. The Balaban J connectivity index is 4.12. The third-order valence-electron chi connectivity index (χ3n) is 2.45. The fourth-order valence-electron chi connectivity index (χ4n) is 1.37. The minimum Gasteiger partial charge on any atom is -0.395 e. The van der Waals surface area contributed by atoms with Gasteiger partial charge in [-0.05, 0) is 39.2 Å². The average molecular weight is 201 g/mol. The molecule has 0 aliphatic heterocycles. The molecule has 0 saturated carbocycles. The molecule has 0 amide bonds. The van der Waals surface area contributed by atoms with E-state index in [0.29, 0.717) is 5.41 Å². The van der Waals surface area contributed by atoms with Crippen LogP contribution in [0, 0.1) is 5.41 Å². The lowest BCUT2D eigenvalue weighted by atomic mass is 9.91. The van der Waals surface area contributed by atoms with Gasteiger partial charge in [-0.3, -0.25) is 4.90 Å². The fraction of sp³-hybridized carbons (Fsp3) is 1.00. The van der Waals surface area contributed by atoms with Gasteiger partial charge in [0.25, 0.3) is 0 Å². The van der Waals surface area contributed by atoms with Crippen LogP contribution in [-0.2, 0) is 0 Å². The standard InChI is InChI=1S/C12H27NO/c1-11(2,3)7-8-13(9-10-14)12(4,5)6/h14H,7-10H2,1-6H3. The summed E-state index contributed by atoms with van der Waals surface area (Å²) in [5, 5.41) is 8.99. The van der Waals surface area contributed by atoms with Gasteiger partial charge in [-0.1, -0.05) is 20.8 Å². The summed E-state index contributed by atoms with van der Waals surface area (Å²) < 4.78 is 0. The summed E-state index contributed by atoms with van der Waals surface area (Å²) in [6, 6.07) is 0. The van der Waals surface area contributed by atoms with Crippen molar-refractivity contribution in [2.24, 2.45) is 5.41 Å². The Morgan fingerprint density at radius 3 is 1.71 bits per heavy atom. The van der Waals surface area contributed by atoms with Crippen molar-refractivity contribution in [1.29, 1.82) is 0 Å². The topological polar surface area (TPSA) is 23.5 Å². The number of β-amino-alcohol motifs (C(OH)–C–C–N with tert-alkyl or cyclic N) is 1. The highest BCUT2D eigenvalue weighted by atomic mass is 16.3. The second-order valence-electron chi connectivity index (χ2n) is 6.19. The third-order valence-corrected chi connectivity index (χ3v) is 2.45. The first-order chi connectivity index (χ1) is 6.17. The van der Waals surface area contributed by atoms with Crippen LogP contribution >= 0.6 is 0 Å². The molecular formula is C12H27NO. The molecule has 0 unspecified atom stereocenters. The smallest absolute Gasteiger partial charge is 0.0558 e. The number of nitrogens with zero attached hydrogens (tertiary/aromatic N) is 1. The molecule has 0 aromatic rings. The highest BCUT2D eigenvalue weighted by molar-refractivity contribution is 4.77. The number of rotatable bonds is 4. The van der Waals surface area contributed by atoms with E-state index in [2.05, 4.69) is 46.4 Å². The second-order valence-corrected chi connectivity index (χ2v) is 6.19. The zero-order valence-corrected chi connectivity index (χ0v) is 10.7. The van der Waals surface area contributed by atoms with E-state index in [-0.39, 0.29) is 12.1 Å². The lowest BCUT2D eigenvalue weighted by Gasteiger charge is -2.37. The molecule has 0 atom stereocenters. The maximum atomic E-state index is 8.99. The lowest BCUT2D eigenvalue weighted by molar-refractivity contribution is 0.0928. The van der Waals surface area contributed by atoms with Gasteiger partial charge in [0.15, 0.2) is 0 Å². The number of aliphatic hydroxyl groups excluding tert-OH is 1. The van der Waals surface area contributed by atoms with Gasteiger partial charge >= 0.3 is 0 Å². The molecule has 0 aromatic carbocycles. The van der Waals surface area contributed by atoms with Crippen molar-refractivity contribution in [3.63, 3.8) is 0 Å². The van der Waals surface area contributed by atoms with Crippen molar-refractivity contribution < 1.29 is 5.11 Å². The zero-order valence-electron chi connectivity index (χ0n) is 10.7. The number of hydrogen-bond acceptors (Lipinski definition) is 2. The van der Waals surface area contributed by atoms with Gasteiger partial charge < -0.3 is 5.11 Å². The van der Waals surface area contributed by atoms with Gasteiger partial charge in [0.05, 0.1) is 6.61 Å². The van der Waals surface area contributed by atoms with Crippen LogP contribution in [0.2, 0.25) is 0 Å². The lowest BCUT2D eigenvalue weighted by Crippen LogP contribution is -2.44. The van der Waals surface area contributed by atoms with Crippen LogP contribution in [-0.4, -0.2) is 35.2 Å². The quantitative estimate of drug-likeness (QED) is 0.755. The molecule has 0 bridgehead atoms. The van der Waals surface area contributed by atoms with Crippen molar-refractivity contribution in [1.82, 2.24) is 4.90 Å². The normalized spacial score (nSPS) is 13.7. The summed E-state index contributed by atoms with van der Waals surface area (Å²) in [4.78, 5) is 2.35. The van der Waals surface area contributed by atoms with E-state index >= 15 is 0 Å². The zero-order chi connectivity index (χ0) is 11.4. The van der Waals surface area contributed by atoms with E-state index in [1.165, 1.54) is 6.42 Å². The van der Waals surface area contributed by atoms with Crippen LogP contribution < -0.4 is 0 Å². The maximum absolute atomic E-state index is 8.99. The van der Waals surface area contributed by atoms with Crippen LogP contribution in [0.4, 0.5) is 0 Å². The van der Waals surface area contributed by atoms with E-state index in [0.717, 1.165) is 13.1 Å². The number of hydrogen-bond donors (Lipinski definition) is 1. The Kier molecular flexibility index (Phi) is 5.10. The summed E-state index contributed by atoms with van der Waals surface area (Å²) in [5.41, 5.74) is 0.535. The maximum Gasteiger partial charge on any atom is 0.0558 e. The van der Waals surface area contributed by atoms with Gasteiger partial charge in [0, 0.05) is 12.1 Å². The molecule has 0 spiro atoms. The van der Waals surface area contributed by atoms with E-state index < -0.39 is 0 Å². The number of aliphatic hydroxyl groups is 1. The molecule has 1 N–H and O–H groups in total. The van der Waals surface area contributed by atoms with E-state index in [9.17, 15) is 0 Å². The SMILES string of the molecule is CC(C)(C)CCN(CCO)C(C)(C)C. The van der Waals surface area contributed by atoms with E-state index in [1.807, 2.05) is 0 Å². The van der Waals surface area contributed by atoms with E-state index in [4.69, 9.17) is 5.11 Å². The Morgan fingerprint density at radius 1 is 0.929 bits per heavy atom. The molecule has 0 aliphatic rings. The van der Waals surface area contributed by atoms with Gasteiger partial charge in [-0.25, -0.2) is 0 Å². The molecule has 0 aliphatic carbocycles. The fourth-order valence-corrected chi connectivity index (χ4v) is 1.37. The van der Waals surface area contributed by atoms with Gasteiger partial charge in [-0.15, -0.1) is 0 Å². The summed E-state index contributed by atoms with van der Waals surface area (Å²) >= 11 is 0. The third kappa shape index (κ3) is 6.39. The Bertz CT molecular complexity index is 153. The van der Waals surface area contributed by atoms with Crippen molar-refractivity contribution in [2.45, 2.75) is 53.5 Å². The van der Waals surface area contributed by atoms with Crippen LogP contribution in [0.25, 0.3) is 0 Å². The molecule has 0 fully saturated rings. The van der Waals surface area contributed by atoms with Crippen molar-refractivity contribution in [3.8, 4) is 0 Å². The molecule has 0 saturated heterocycles. The van der Waals surface area contributed by atoms with Gasteiger partial charge in [0.2, 0.25) is 0 Å². The predicted octanol–water partition coefficient (Wildman–Crippen LogP) is 2.52. The molecule has 2 heteroatoms. The average Bonchev–Trinajstić information content (AvgIpc) is 1.93. The van der Waals surface area contributed by atoms with Gasteiger partial charge in [-0.2, -0.15) is 0 Å². The summed E-state index contributed by atoms with van der Waals surface area (Å²) in [6.07, 6.45) is 1.17. The first kappa shape index (κ1) is 13.9. The molecule has 0 aromatic heterocycles. The largest absolute Gasteiger partial charge is 0.395 e. The van der Waals surface area contributed by atoms with Gasteiger partial charge in [0.1, 0.15) is 0 Å². The molecule has 0 rings (SSSR count). The van der Waals surface area contributed by atoms with Crippen LogP contribution in [0.1, 0.15) is 48.0 Å². The first-order valence-corrected chi connectivity index (χ1v) is 5.53. The molecule has 0 radical (unpaired) electrons. The second kappa shape index (κ2) is 5.13. The van der Waals surface area contributed by atoms with Crippen molar-refractivity contribution >= 4 is 0 Å². The Labute approximate surface area is 89.3 Å². The Morgan fingerprint density at radius 2 is 1.43 bits per heavy atom. The summed E-state index contributed by atoms with van der Waals surface area (Å²) in [7, 11) is 0. The molecular weight excluding hydrogens is 174 g/mol. The highest BCUT2D eigenvalue weighted by Gasteiger charge is 2.22. The van der Waals surface area contributed by atoms with Crippen LogP contribution in [0.15, 0.2) is 0 Å².